The van der Waals surface area contributed by atoms with Crippen LogP contribution in [0.4, 0.5) is 0 Å². The fourth-order valence-corrected chi connectivity index (χ4v) is 0.664. The summed E-state index contributed by atoms with van der Waals surface area (Å²) >= 11 is 0. The summed E-state index contributed by atoms with van der Waals surface area (Å²) in [6.07, 6.45) is 2.10. The van der Waals surface area contributed by atoms with E-state index in [-0.39, 0.29) is 6.61 Å². The molecule has 56 valence electrons. The average Bonchev–Trinajstić information content (AvgIpc) is 1.85. The number of hydrogen-bond donors (Lipinski definition) is 1. The quantitative estimate of drug-likeness (QED) is 0.549. The van der Waals surface area contributed by atoms with E-state index in [1.807, 2.05) is 7.05 Å². The molecule has 9 heavy (non-hydrogen) atoms. The number of likely N-dealkylation sites (N-methyl/N-ethyl adjacent to an activating group) is 1. The highest BCUT2D eigenvalue weighted by Gasteiger charge is 1.91. The molecule has 0 radical (unpaired) electrons. The van der Waals surface area contributed by atoms with E-state index in [1.165, 1.54) is 0 Å². The van der Waals surface area contributed by atoms with Gasteiger partial charge in [0.05, 0.1) is 6.61 Å². The highest BCUT2D eigenvalue weighted by atomic mass is 16.3. The summed E-state index contributed by atoms with van der Waals surface area (Å²) in [5.41, 5.74) is 0. The van der Waals surface area contributed by atoms with Crippen LogP contribution in [-0.4, -0.2) is 36.8 Å². The molecule has 0 bridgehead atoms. The van der Waals surface area contributed by atoms with E-state index >= 15 is 0 Å². The minimum Gasteiger partial charge on any atom is -0.395 e. The summed E-state index contributed by atoms with van der Waals surface area (Å²) in [6.45, 7) is 5.81. The minimum atomic E-state index is 0.258. The second kappa shape index (κ2) is 6.05. The maximum atomic E-state index is 8.48. The van der Waals surface area contributed by atoms with Crippen LogP contribution in [0.15, 0.2) is 0 Å². The third-order valence-corrected chi connectivity index (χ3v) is 1.27. The molecule has 0 aromatic rings. The Morgan fingerprint density at radius 3 is 2.56 bits per heavy atom. The van der Waals surface area contributed by atoms with Crippen molar-refractivity contribution in [3.63, 3.8) is 0 Å². The third-order valence-electron chi connectivity index (χ3n) is 1.27. The molecule has 1 N–H and O–H groups in total. The number of hydrogen-bond acceptors (Lipinski definition) is 2. The molecule has 0 aliphatic heterocycles. The van der Waals surface area contributed by atoms with Gasteiger partial charge in [-0.2, -0.15) is 6.42 Å². The van der Waals surface area contributed by atoms with Crippen molar-refractivity contribution in [1.82, 2.24) is 4.90 Å². The summed E-state index contributed by atoms with van der Waals surface area (Å²) in [7, 11) is 2.01. The summed E-state index contributed by atoms with van der Waals surface area (Å²) in [5.74, 6) is 0. The largest absolute Gasteiger partial charge is 0.395 e. The molecule has 0 aromatic carbocycles. The predicted molar refractivity (Wildman–Crippen MR) is 39.2 cm³/mol. The van der Waals surface area contributed by atoms with E-state index in [0.29, 0.717) is 0 Å². The molecule has 2 heteroatoms. The van der Waals surface area contributed by atoms with Crippen LogP contribution in [0.2, 0.25) is 0 Å². The highest BCUT2D eigenvalue weighted by molar-refractivity contribution is 4.50. The molecule has 0 rings (SSSR count). The molecule has 0 spiro atoms. The van der Waals surface area contributed by atoms with Crippen LogP contribution >= 0.6 is 0 Å². The first kappa shape index (κ1) is 8.92. The molecular weight excluding hydrogens is 114 g/mol. The molecule has 0 amide bonds. The lowest BCUT2D eigenvalue weighted by molar-refractivity contribution is 0.220. The van der Waals surface area contributed by atoms with E-state index in [9.17, 15) is 0 Å². The van der Waals surface area contributed by atoms with Crippen LogP contribution in [0.3, 0.4) is 0 Å². The van der Waals surface area contributed by atoms with Crippen molar-refractivity contribution in [2.45, 2.75) is 12.8 Å². The smallest absolute Gasteiger partial charge is 0.0558 e. The van der Waals surface area contributed by atoms with Crippen molar-refractivity contribution in [2.24, 2.45) is 0 Å². The van der Waals surface area contributed by atoms with Crippen molar-refractivity contribution < 1.29 is 5.11 Å². The monoisotopic (exact) mass is 130 g/mol. The topological polar surface area (TPSA) is 23.5 Å². The van der Waals surface area contributed by atoms with Crippen LogP contribution in [0.25, 0.3) is 0 Å². The minimum absolute atomic E-state index is 0.258. The Morgan fingerprint density at radius 2 is 2.11 bits per heavy atom. The lowest BCUT2D eigenvalue weighted by Gasteiger charge is -2.14. The summed E-state index contributed by atoms with van der Waals surface area (Å²) in [4.78, 5) is 2.10. The van der Waals surface area contributed by atoms with Gasteiger partial charge in [-0.3, -0.25) is 0 Å². The lowest BCUT2D eigenvalue weighted by atomic mass is 10.3. The summed E-state index contributed by atoms with van der Waals surface area (Å²) in [6, 6.07) is 0. The fraction of sp³-hybridized carbons (Fsp3) is 0.857. The molecule has 0 aliphatic carbocycles. The van der Waals surface area contributed by atoms with Crippen LogP contribution in [0.1, 0.15) is 12.8 Å². The standard InChI is InChI=1S/C7H16NO/c1-3-4-5-8(2)6-7-9/h9H,1,3-7H2,2H3/q-1. The van der Waals surface area contributed by atoms with Gasteiger partial charge in [0.1, 0.15) is 0 Å². The number of nitrogens with zero attached hydrogens (tertiary/aromatic N) is 1. The van der Waals surface area contributed by atoms with Gasteiger partial charge in [-0.05, 0) is 13.6 Å². The maximum absolute atomic E-state index is 8.48. The van der Waals surface area contributed by atoms with Gasteiger partial charge < -0.3 is 16.9 Å². The van der Waals surface area contributed by atoms with E-state index in [0.717, 1.165) is 25.9 Å². The Bertz CT molecular complexity index is 56.9. The van der Waals surface area contributed by atoms with Crippen molar-refractivity contribution in [3.05, 3.63) is 6.92 Å². The van der Waals surface area contributed by atoms with Crippen molar-refractivity contribution >= 4 is 0 Å². The Hall–Kier alpha value is -0.0800. The average molecular weight is 130 g/mol. The van der Waals surface area contributed by atoms with E-state index in [1.54, 1.807) is 0 Å². The molecule has 0 unspecified atom stereocenters. The molecular formula is C7H16NO-. The van der Waals surface area contributed by atoms with E-state index in [2.05, 4.69) is 11.8 Å². The molecule has 0 aliphatic rings. The normalized spacial score (nSPS) is 10.7. The van der Waals surface area contributed by atoms with E-state index in [4.69, 9.17) is 5.11 Å². The molecule has 0 saturated carbocycles. The number of aliphatic hydroxyl groups is 1. The zero-order chi connectivity index (χ0) is 7.11. The molecule has 2 nitrogen and oxygen atoms in total. The molecule has 0 fully saturated rings. The maximum Gasteiger partial charge on any atom is 0.0558 e. The zero-order valence-corrected chi connectivity index (χ0v) is 6.14. The van der Waals surface area contributed by atoms with Crippen molar-refractivity contribution in [3.8, 4) is 0 Å². The van der Waals surface area contributed by atoms with Crippen molar-refractivity contribution in [1.29, 1.82) is 0 Å². The third kappa shape index (κ3) is 5.80. The van der Waals surface area contributed by atoms with Gasteiger partial charge in [-0.25, -0.2) is 0 Å². The van der Waals surface area contributed by atoms with Gasteiger partial charge >= 0.3 is 0 Å². The Morgan fingerprint density at radius 1 is 1.44 bits per heavy atom. The van der Waals surface area contributed by atoms with Gasteiger partial charge in [0, 0.05) is 6.54 Å². The van der Waals surface area contributed by atoms with Crippen LogP contribution < -0.4 is 0 Å². The second-order valence-electron chi connectivity index (χ2n) is 2.23. The lowest BCUT2D eigenvalue weighted by Crippen LogP contribution is -2.22. The predicted octanol–water partition coefficient (Wildman–Crippen LogP) is 0.525. The first-order valence-electron chi connectivity index (χ1n) is 3.40. The summed E-state index contributed by atoms with van der Waals surface area (Å²) < 4.78 is 0. The summed E-state index contributed by atoms with van der Waals surface area (Å²) in [5, 5.41) is 8.48. The first-order valence-corrected chi connectivity index (χ1v) is 3.40. The number of unbranched alkanes of at least 4 members (excludes halogenated alkanes) is 1. The Balaban J connectivity index is 2.95. The molecule has 0 aromatic heterocycles. The Kier molecular flexibility index (Phi) is 5.99. The van der Waals surface area contributed by atoms with Crippen molar-refractivity contribution in [2.75, 3.05) is 26.7 Å². The Labute approximate surface area is 57.5 Å². The molecule has 0 atom stereocenters. The zero-order valence-electron chi connectivity index (χ0n) is 6.14. The number of aliphatic hydroxyl groups excluding tert-OH is 1. The van der Waals surface area contributed by atoms with Gasteiger partial charge in [-0.15, -0.1) is 0 Å². The van der Waals surface area contributed by atoms with Gasteiger partial charge in [-0.1, -0.05) is 6.42 Å². The fourth-order valence-electron chi connectivity index (χ4n) is 0.664. The molecule has 0 heterocycles. The first-order chi connectivity index (χ1) is 4.31. The second-order valence-corrected chi connectivity index (χ2v) is 2.23. The van der Waals surface area contributed by atoms with Crippen LogP contribution in [-0.2, 0) is 0 Å². The highest BCUT2D eigenvalue weighted by Crippen LogP contribution is 1.89. The van der Waals surface area contributed by atoms with Gasteiger partial charge in [0.25, 0.3) is 0 Å². The van der Waals surface area contributed by atoms with Crippen LogP contribution in [0, 0.1) is 6.92 Å². The van der Waals surface area contributed by atoms with Gasteiger partial charge in [0.2, 0.25) is 0 Å². The van der Waals surface area contributed by atoms with Gasteiger partial charge in [0.15, 0.2) is 0 Å². The molecule has 0 saturated heterocycles. The number of rotatable bonds is 5. The van der Waals surface area contributed by atoms with E-state index < -0.39 is 0 Å². The van der Waals surface area contributed by atoms with Crippen LogP contribution in [0.5, 0.6) is 0 Å². The SMILES string of the molecule is [CH2-]CCCN(C)CCO.